The second-order valence-electron chi connectivity index (χ2n) is 4.17. The minimum atomic E-state index is 0.778. The van der Waals surface area contributed by atoms with Crippen molar-refractivity contribution in [1.29, 1.82) is 0 Å². The summed E-state index contributed by atoms with van der Waals surface area (Å²) in [6.07, 6.45) is 7.05. The van der Waals surface area contributed by atoms with Crippen molar-refractivity contribution in [3.05, 3.63) is 54.2 Å². The summed E-state index contributed by atoms with van der Waals surface area (Å²) in [5.74, 6) is 0.940. The van der Waals surface area contributed by atoms with E-state index in [-0.39, 0.29) is 0 Å². The number of benzene rings is 1. The third-order valence-electron chi connectivity index (χ3n) is 2.87. The molecule has 2 N–H and O–H groups in total. The molecule has 5 heteroatoms. The molecule has 0 saturated carbocycles. The Labute approximate surface area is 104 Å². The van der Waals surface area contributed by atoms with Crippen LogP contribution >= 0.6 is 0 Å². The van der Waals surface area contributed by atoms with E-state index in [0.29, 0.717) is 0 Å². The zero-order valence-corrected chi connectivity index (χ0v) is 9.82. The average Bonchev–Trinajstić information content (AvgIpc) is 2.80. The Hall–Kier alpha value is -2.43. The van der Waals surface area contributed by atoms with E-state index in [2.05, 4.69) is 21.2 Å². The standard InChI is InChI=1S/C13H13N5/c14-11-3-1-2-10(8-11)4-5-12-16-17-13-9-15-6-7-18(12)13/h1-3,6-9H,4-5,14H2. The number of aryl methyl sites for hydroxylation is 2. The van der Waals surface area contributed by atoms with E-state index < -0.39 is 0 Å². The number of anilines is 1. The second-order valence-corrected chi connectivity index (χ2v) is 4.17. The first-order valence-corrected chi connectivity index (χ1v) is 5.81. The van der Waals surface area contributed by atoms with Gasteiger partial charge in [0.05, 0.1) is 6.20 Å². The molecule has 0 radical (unpaired) electrons. The Kier molecular flexibility index (Phi) is 2.64. The molecule has 0 atom stereocenters. The number of nitrogens with two attached hydrogens (primary N) is 1. The molecule has 0 aliphatic rings. The molecule has 0 aliphatic carbocycles. The molecule has 0 aliphatic heterocycles. The van der Waals surface area contributed by atoms with Crippen molar-refractivity contribution in [3.8, 4) is 0 Å². The summed E-state index contributed by atoms with van der Waals surface area (Å²) in [6.45, 7) is 0. The van der Waals surface area contributed by atoms with Crippen LogP contribution < -0.4 is 5.73 Å². The van der Waals surface area contributed by atoms with Gasteiger partial charge in [0.25, 0.3) is 0 Å². The van der Waals surface area contributed by atoms with Crippen LogP contribution in [0.15, 0.2) is 42.9 Å². The highest BCUT2D eigenvalue weighted by molar-refractivity contribution is 5.41. The number of nitrogens with zero attached hydrogens (tertiary/aromatic N) is 4. The van der Waals surface area contributed by atoms with E-state index in [1.165, 1.54) is 5.56 Å². The topological polar surface area (TPSA) is 69.1 Å². The highest BCUT2D eigenvalue weighted by atomic mass is 15.2. The van der Waals surface area contributed by atoms with E-state index in [1.807, 2.05) is 28.8 Å². The molecule has 0 fully saturated rings. The van der Waals surface area contributed by atoms with Crippen LogP contribution in [0.25, 0.3) is 5.65 Å². The monoisotopic (exact) mass is 239 g/mol. The molecule has 2 heterocycles. The number of nitrogen functional groups attached to an aromatic ring is 1. The third kappa shape index (κ3) is 2.02. The lowest BCUT2D eigenvalue weighted by Gasteiger charge is -2.01. The largest absolute Gasteiger partial charge is 0.399 e. The van der Waals surface area contributed by atoms with Gasteiger partial charge in [-0.15, -0.1) is 10.2 Å². The lowest BCUT2D eigenvalue weighted by atomic mass is 10.1. The summed E-state index contributed by atoms with van der Waals surface area (Å²) in [6, 6.07) is 7.92. The Morgan fingerprint density at radius 3 is 3.00 bits per heavy atom. The lowest BCUT2D eigenvalue weighted by Crippen LogP contribution is -1.98. The first-order valence-electron chi connectivity index (χ1n) is 5.81. The van der Waals surface area contributed by atoms with Crippen LogP contribution in [0.2, 0.25) is 0 Å². The average molecular weight is 239 g/mol. The number of fused-ring (bicyclic) bond motifs is 1. The van der Waals surface area contributed by atoms with Crippen LogP contribution in [0.5, 0.6) is 0 Å². The summed E-state index contributed by atoms with van der Waals surface area (Å²) >= 11 is 0. The highest BCUT2D eigenvalue weighted by Crippen LogP contribution is 2.10. The van der Waals surface area contributed by atoms with Gasteiger partial charge in [0, 0.05) is 24.5 Å². The Bertz CT molecular complexity index is 674. The molecule has 0 saturated heterocycles. The Balaban J connectivity index is 1.81. The van der Waals surface area contributed by atoms with Crippen molar-refractivity contribution in [2.75, 3.05) is 5.73 Å². The number of hydrogen-bond acceptors (Lipinski definition) is 4. The molecule has 90 valence electrons. The lowest BCUT2D eigenvalue weighted by molar-refractivity contribution is 0.838. The first-order chi connectivity index (χ1) is 8.83. The van der Waals surface area contributed by atoms with Crippen LogP contribution in [0.1, 0.15) is 11.4 Å². The molecule has 0 amide bonds. The maximum atomic E-state index is 5.76. The number of aromatic nitrogens is 4. The van der Waals surface area contributed by atoms with Gasteiger partial charge in [0.15, 0.2) is 5.65 Å². The molecule has 5 nitrogen and oxygen atoms in total. The van der Waals surface area contributed by atoms with Crippen molar-refractivity contribution in [3.63, 3.8) is 0 Å². The fourth-order valence-corrected chi connectivity index (χ4v) is 1.98. The Morgan fingerprint density at radius 1 is 1.17 bits per heavy atom. The van der Waals surface area contributed by atoms with E-state index in [0.717, 1.165) is 30.0 Å². The molecule has 3 rings (SSSR count). The van der Waals surface area contributed by atoms with E-state index in [4.69, 9.17) is 5.73 Å². The maximum Gasteiger partial charge on any atom is 0.179 e. The predicted octanol–water partition coefficient (Wildman–Crippen LogP) is 1.49. The number of rotatable bonds is 3. The molecule has 3 aromatic rings. The molecular formula is C13H13N5. The zero-order valence-electron chi connectivity index (χ0n) is 9.82. The van der Waals surface area contributed by atoms with Crippen molar-refractivity contribution >= 4 is 11.3 Å². The van der Waals surface area contributed by atoms with Gasteiger partial charge < -0.3 is 5.73 Å². The van der Waals surface area contributed by atoms with Crippen molar-refractivity contribution in [2.45, 2.75) is 12.8 Å². The van der Waals surface area contributed by atoms with Crippen LogP contribution in [-0.2, 0) is 12.8 Å². The van der Waals surface area contributed by atoms with Crippen LogP contribution in [-0.4, -0.2) is 19.6 Å². The van der Waals surface area contributed by atoms with Crippen molar-refractivity contribution in [1.82, 2.24) is 19.6 Å². The van der Waals surface area contributed by atoms with Gasteiger partial charge in [0.2, 0.25) is 0 Å². The molecular weight excluding hydrogens is 226 g/mol. The zero-order chi connectivity index (χ0) is 12.4. The van der Waals surface area contributed by atoms with Gasteiger partial charge >= 0.3 is 0 Å². The predicted molar refractivity (Wildman–Crippen MR) is 69.0 cm³/mol. The highest BCUT2D eigenvalue weighted by Gasteiger charge is 2.05. The third-order valence-corrected chi connectivity index (χ3v) is 2.87. The van der Waals surface area contributed by atoms with Crippen LogP contribution in [0, 0.1) is 0 Å². The summed E-state index contributed by atoms with van der Waals surface area (Å²) in [7, 11) is 0. The molecule has 0 unspecified atom stereocenters. The summed E-state index contributed by atoms with van der Waals surface area (Å²) in [5.41, 5.74) is 8.54. The molecule has 2 aromatic heterocycles. The minimum Gasteiger partial charge on any atom is -0.399 e. The van der Waals surface area contributed by atoms with Crippen molar-refractivity contribution < 1.29 is 0 Å². The van der Waals surface area contributed by atoms with E-state index in [1.54, 1.807) is 12.4 Å². The van der Waals surface area contributed by atoms with Gasteiger partial charge in [-0.05, 0) is 24.1 Å². The van der Waals surface area contributed by atoms with Gasteiger partial charge in [0.1, 0.15) is 5.82 Å². The summed E-state index contributed by atoms with van der Waals surface area (Å²) in [5, 5.41) is 8.25. The van der Waals surface area contributed by atoms with Gasteiger partial charge in [-0.2, -0.15) is 0 Å². The van der Waals surface area contributed by atoms with E-state index in [9.17, 15) is 0 Å². The molecule has 1 aromatic carbocycles. The first kappa shape index (κ1) is 10.7. The normalized spacial score (nSPS) is 10.9. The molecule has 18 heavy (non-hydrogen) atoms. The minimum absolute atomic E-state index is 0.778. The quantitative estimate of drug-likeness (QED) is 0.703. The number of hydrogen-bond donors (Lipinski definition) is 1. The van der Waals surface area contributed by atoms with E-state index >= 15 is 0 Å². The smallest absolute Gasteiger partial charge is 0.179 e. The fourth-order valence-electron chi connectivity index (χ4n) is 1.98. The van der Waals surface area contributed by atoms with Gasteiger partial charge in [-0.3, -0.25) is 9.38 Å². The van der Waals surface area contributed by atoms with Gasteiger partial charge in [-0.25, -0.2) is 0 Å². The summed E-state index contributed by atoms with van der Waals surface area (Å²) < 4.78 is 1.96. The summed E-state index contributed by atoms with van der Waals surface area (Å²) in [4.78, 5) is 4.02. The van der Waals surface area contributed by atoms with Gasteiger partial charge in [-0.1, -0.05) is 12.1 Å². The fraction of sp³-hybridized carbons (Fsp3) is 0.154. The maximum absolute atomic E-state index is 5.76. The molecule has 0 bridgehead atoms. The van der Waals surface area contributed by atoms with Crippen LogP contribution in [0.3, 0.4) is 0 Å². The second kappa shape index (κ2) is 4.44. The van der Waals surface area contributed by atoms with Crippen molar-refractivity contribution in [2.24, 2.45) is 0 Å². The SMILES string of the molecule is Nc1cccc(CCc2nnc3cnccn23)c1. The Morgan fingerprint density at radius 2 is 2.11 bits per heavy atom. The van der Waals surface area contributed by atoms with Crippen LogP contribution in [0.4, 0.5) is 5.69 Å². The molecule has 0 spiro atoms.